The molecule has 0 heterocycles. The van der Waals surface area contributed by atoms with E-state index in [1.165, 1.54) is 14.2 Å². The third-order valence-corrected chi connectivity index (χ3v) is 2.29. The van der Waals surface area contributed by atoms with Crippen LogP contribution in [0.2, 0.25) is 0 Å². The van der Waals surface area contributed by atoms with Gasteiger partial charge >= 0.3 is 9.53 Å². The Bertz CT molecular complexity index is 113. The van der Waals surface area contributed by atoms with Crippen molar-refractivity contribution in [2.24, 2.45) is 0 Å². The highest BCUT2D eigenvalue weighted by Gasteiger charge is 2.15. The van der Waals surface area contributed by atoms with Gasteiger partial charge in [0.05, 0.1) is 0 Å². The average molecular weight is 178 g/mol. The second-order valence-corrected chi connectivity index (χ2v) is 3.76. The molecule has 0 amide bonds. The quantitative estimate of drug-likeness (QED) is 0.569. The van der Waals surface area contributed by atoms with Gasteiger partial charge in [-0.15, -0.1) is 0 Å². The number of hydrogen-bond acceptors (Lipinski definition) is 4. The average Bonchev–Trinajstić information content (AvgIpc) is 2.01. The Morgan fingerprint density at radius 3 is 2.27 bits per heavy atom. The van der Waals surface area contributed by atoms with E-state index in [2.05, 4.69) is 0 Å². The summed E-state index contributed by atoms with van der Waals surface area (Å²) in [5.41, 5.74) is 0. The SMILES string of the molecule is CCCC(=O)O[SiH](OC)OC. The van der Waals surface area contributed by atoms with Gasteiger partial charge in [-0.1, -0.05) is 6.92 Å². The van der Waals surface area contributed by atoms with Crippen LogP contribution < -0.4 is 0 Å². The summed E-state index contributed by atoms with van der Waals surface area (Å²) >= 11 is 0. The summed E-state index contributed by atoms with van der Waals surface area (Å²) in [6.45, 7) is 1.91. The number of carbonyl (C=O) groups is 1. The van der Waals surface area contributed by atoms with E-state index < -0.39 is 9.53 Å². The predicted octanol–water partition coefficient (Wildman–Crippen LogP) is 0.340. The summed E-state index contributed by atoms with van der Waals surface area (Å²) in [6.07, 6.45) is 1.21. The molecule has 4 nitrogen and oxygen atoms in total. The molecule has 0 aliphatic rings. The molecule has 0 aliphatic heterocycles. The van der Waals surface area contributed by atoms with Crippen LogP contribution >= 0.6 is 0 Å². The van der Waals surface area contributed by atoms with Gasteiger partial charge in [0.2, 0.25) is 0 Å². The van der Waals surface area contributed by atoms with Crippen molar-refractivity contribution >= 4 is 15.5 Å². The summed E-state index contributed by atoms with van der Waals surface area (Å²) in [5.74, 6) is -0.243. The second-order valence-electron chi connectivity index (χ2n) is 2.00. The van der Waals surface area contributed by atoms with E-state index in [0.29, 0.717) is 6.42 Å². The summed E-state index contributed by atoms with van der Waals surface area (Å²) in [4.78, 5) is 10.8. The Balaban J connectivity index is 3.54. The minimum Gasteiger partial charge on any atom is -0.476 e. The monoisotopic (exact) mass is 178 g/mol. The Morgan fingerprint density at radius 2 is 1.91 bits per heavy atom. The summed E-state index contributed by atoms with van der Waals surface area (Å²) in [7, 11) is 0.813. The smallest absolute Gasteiger partial charge is 0.476 e. The minimum absolute atomic E-state index is 0.243. The summed E-state index contributed by atoms with van der Waals surface area (Å²) in [5, 5.41) is 0. The third kappa shape index (κ3) is 4.94. The van der Waals surface area contributed by atoms with Gasteiger partial charge in [-0.3, -0.25) is 4.79 Å². The first kappa shape index (κ1) is 10.6. The van der Waals surface area contributed by atoms with Crippen molar-refractivity contribution in [3.63, 3.8) is 0 Å². The lowest BCUT2D eigenvalue weighted by Gasteiger charge is -2.10. The molecule has 11 heavy (non-hydrogen) atoms. The van der Waals surface area contributed by atoms with Crippen LogP contribution in [0.25, 0.3) is 0 Å². The lowest BCUT2D eigenvalue weighted by Crippen LogP contribution is -2.27. The molecular weight excluding hydrogens is 164 g/mol. The highest BCUT2D eigenvalue weighted by Crippen LogP contribution is 1.95. The van der Waals surface area contributed by atoms with Crippen molar-refractivity contribution in [3.05, 3.63) is 0 Å². The van der Waals surface area contributed by atoms with Crippen molar-refractivity contribution < 1.29 is 18.1 Å². The Morgan fingerprint density at radius 1 is 1.36 bits per heavy atom. The van der Waals surface area contributed by atoms with Crippen LogP contribution in [-0.2, 0) is 18.1 Å². The zero-order chi connectivity index (χ0) is 8.69. The van der Waals surface area contributed by atoms with E-state index in [1.807, 2.05) is 6.92 Å². The lowest BCUT2D eigenvalue weighted by atomic mass is 10.4. The van der Waals surface area contributed by atoms with E-state index >= 15 is 0 Å². The van der Waals surface area contributed by atoms with Crippen LogP contribution in [0.3, 0.4) is 0 Å². The maximum atomic E-state index is 10.8. The standard InChI is InChI=1S/C6H14O4Si/c1-4-5-6(7)10-11(8-2)9-3/h11H,4-5H2,1-3H3. The van der Waals surface area contributed by atoms with E-state index in [-0.39, 0.29) is 5.97 Å². The van der Waals surface area contributed by atoms with E-state index in [1.54, 1.807) is 0 Å². The van der Waals surface area contributed by atoms with Gasteiger partial charge in [-0.05, 0) is 6.42 Å². The highest BCUT2D eigenvalue weighted by atomic mass is 28.3. The van der Waals surface area contributed by atoms with E-state index in [4.69, 9.17) is 13.3 Å². The molecule has 0 aromatic heterocycles. The maximum Gasteiger partial charge on any atom is 0.550 e. The Hall–Kier alpha value is -0.393. The second kappa shape index (κ2) is 6.33. The molecule has 0 spiro atoms. The zero-order valence-corrected chi connectivity index (χ0v) is 8.28. The Labute approximate surface area is 68.4 Å². The van der Waals surface area contributed by atoms with Crippen LogP contribution in [0.15, 0.2) is 0 Å². The molecule has 0 rings (SSSR count). The van der Waals surface area contributed by atoms with Crippen molar-refractivity contribution in [1.82, 2.24) is 0 Å². The number of rotatable bonds is 5. The van der Waals surface area contributed by atoms with Crippen molar-refractivity contribution in [1.29, 1.82) is 0 Å². The first-order valence-electron chi connectivity index (χ1n) is 3.49. The molecule has 66 valence electrons. The number of hydrogen-bond donors (Lipinski definition) is 0. The van der Waals surface area contributed by atoms with Crippen LogP contribution in [0.4, 0.5) is 0 Å². The van der Waals surface area contributed by atoms with E-state index in [9.17, 15) is 4.79 Å². The molecule has 0 aromatic rings. The van der Waals surface area contributed by atoms with E-state index in [0.717, 1.165) is 6.42 Å². The molecule has 5 heteroatoms. The number of carbonyl (C=O) groups excluding carboxylic acids is 1. The molecule has 0 aliphatic carbocycles. The highest BCUT2D eigenvalue weighted by molar-refractivity contribution is 6.39. The van der Waals surface area contributed by atoms with Crippen molar-refractivity contribution in [2.75, 3.05) is 14.2 Å². The predicted molar refractivity (Wildman–Crippen MR) is 42.2 cm³/mol. The molecule has 0 saturated carbocycles. The van der Waals surface area contributed by atoms with Crippen LogP contribution in [0.1, 0.15) is 19.8 Å². The maximum absolute atomic E-state index is 10.8. The molecule has 0 saturated heterocycles. The zero-order valence-electron chi connectivity index (χ0n) is 7.12. The van der Waals surface area contributed by atoms with Gasteiger partial charge in [0, 0.05) is 20.6 Å². The van der Waals surface area contributed by atoms with Crippen LogP contribution in [0.5, 0.6) is 0 Å². The van der Waals surface area contributed by atoms with Gasteiger partial charge in [-0.2, -0.15) is 0 Å². The van der Waals surface area contributed by atoms with Gasteiger partial charge in [0.15, 0.2) is 0 Å². The molecule has 0 bridgehead atoms. The minimum atomic E-state index is -2.13. The van der Waals surface area contributed by atoms with Crippen LogP contribution in [-0.4, -0.2) is 29.7 Å². The first-order chi connectivity index (χ1) is 5.24. The Kier molecular flexibility index (Phi) is 6.10. The first-order valence-corrected chi connectivity index (χ1v) is 4.91. The van der Waals surface area contributed by atoms with Gasteiger partial charge < -0.3 is 13.3 Å². The van der Waals surface area contributed by atoms with Crippen molar-refractivity contribution in [3.8, 4) is 0 Å². The van der Waals surface area contributed by atoms with Crippen LogP contribution in [0, 0.1) is 0 Å². The van der Waals surface area contributed by atoms with Gasteiger partial charge in [0.1, 0.15) is 0 Å². The normalized spacial score (nSPS) is 10.2. The molecule has 0 fully saturated rings. The van der Waals surface area contributed by atoms with Gasteiger partial charge in [0.25, 0.3) is 5.97 Å². The summed E-state index contributed by atoms with van der Waals surface area (Å²) < 4.78 is 14.4. The largest absolute Gasteiger partial charge is 0.550 e. The molecule has 0 aromatic carbocycles. The summed E-state index contributed by atoms with van der Waals surface area (Å²) in [6, 6.07) is 0. The molecule has 0 radical (unpaired) electrons. The third-order valence-electron chi connectivity index (χ3n) is 1.07. The fourth-order valence-electron chi connectivity index (χ4n) is 0.563. The topological polar surface area (TPSA) is 44.8 Å². The molecule has 0 unspecified atom stereocenters. The molecule has 0 N–H and O–H groups in total. The molecular formula is C6H14O4Si. The lowest BCUT2D eigenvalue weighted by molar-refractivity contribution is -0.137. The fourth-order valence-corrected chi connectivity index (χ4v) is 1.28. The van der Waals surface area contributed by atoms with Gasteiger partial charge in [-0.25, -0.2) is 0 Å². The fraction of sp³-hybridized carbons (Fsp3) is 0.833. The van der Waals surface area contributed by atoms with Crippen molar-refractivity contribution in [2.45, 2.75) is 19.8 Å². The molecule has 0 atom stereocenters.